The minimum absolute atomic E-state index is 0.203. The first kappa shape index (κ1) is 12.9. The van der Waals surface area contributed by atoms with Gasteiger partial charge >= 0.3 is 0 Å². The number of amides is 2. The summed E-state index contributed by atoms with van der Waals surface area (Å²) < 4.78 is 0. The van der Waals surface area contributed by atoms with Crippen LogP contribution in [0.25, 0.3) is 0 Å². The van der Waals surface area contributed by atoms with Crippen LogP contribution < -0.4 is 5.32 Å². The van der Waals surface area contributed by atoms with Crippen LogP contribution in [0.1, 0.15) is 47.0 Å². The molecule has 1 rings (SSSR count). The number of carbonyl (C=O) groups excluding carboxylic acids is 2. The van der Waals surface area contributed by atoms with Gasteiger partial charge in [0.15, 0.2) is 0 Å². The maximum Gasteiger partial charge on any atom is 0.254 e. The molecule has 1 aliphatic heterocycles. The quantitative estimate of drug-likeness (QED) is 0.705. The molecule has 3 heteroatoms. The van der Waals surface area contributed by atoms with Crippen molar-refractivity contribution in [2.45, 2.75) is 47.0 Å². The molecule has 1 N–H and O–H groups in total. The number of hydrogen-bond donors (Lipinski definition) is 1. The van der Waals surface area contributed by atoms with E-state index in [0.717, 1.165) is 19.3 Å². The van der Waals surface area contributed by atoms with Crippen LogP contribution in [-0.2, 0) is 9.59 Å². The van der Waals surface area contributed by atoms with Gasteiger partial charge in [-0.15, -0.1) is 0 Å². The summed E-state index contributed by atoms with van der Waals surface area (Å²) in [6.45, 7) is 7.76. The predicted molar refractivity (Wildman–Crippen MR) is 56.7 cm³/mol. The highest BCUT2D eigenvalue weighted by molar-refractivity contribution is 6.19. The van der Waals surface area contributed by atoms with E-state index in [1.165, 1.54) is 0 Å². The average Bonchev–Trinajstić information content (AvgIpc) is 2.43. The van der Waals surface area contributed by atoms with E-state index >= 15 is 0 Å². The van der Waals surface area contributed by atoms with Crippen molar-refractivity contribution in [2.24, 2.45) is 0 Å². The third kappa shape index (κ3) is 2.98. The Labute approximate surface area is 85.6 Å². The number of imide groups is 1. The van der Waals surface area contributed by atoms with Crippen LogP contribution in [0.5, 0.6) is 0 Å². The first-order valence-electron chi connectivity index (χ1n) is 5.22. The van der Waals surface area contributed by atoms with Crippen molar-refractivity contribution in [3.63, 3.8) is 0 Å². The lowest BCUT2D eigenvalue weighted by atomic mass is 10.1. The minimum Gasteiger partial charge on any atom is -0.289 e. The lowest BCUT2D eigenvalue weighted by Crippen LogP contribution is -2.22. The summed E-state index contributed by atoms with van der Waals surface area (Å²) in [6.07, 6.45) is 2.73. The van der Waals surface area contributed by atoms with Gasteiger partial charge in [0.1, 0.15) is 0 Å². The summed E-state index contributed by atoms with van der Waals surface area (Å²) in [6, 6.07) is 0. The molecule has 0 bridgehead atoms. The van der Waals surface area contributed by atoms with E-state index in [4.69, 9.17) is 0 Å². The van der Waals surface area contributed by atoms with E-state index < -0.39 is 0 Å². The largest absolute Gasteiger partial charge is 0.289 e. The number of hydrogen-bond acceptors (Lipinski definition) is 2. The zero-order chi connectivity index (χ0) is 11.1. The van der Waals surface area contributed by atoms with E-state index in [2.05, 4.69) is 12.2 Å². The third-order valence-corrected chi connectivity index (χ3v) is 2.07. The van der Waals surface area contributed by atoms with Crippen LogP contribution in [0.3, 0.4) is 0 Å². The molecule has 0 radical (unpaired) electrons. The Morgan fingerprint density at radius 3 is 2.07 bits per heavy atom. The van der Waals surface area contributed by atoms with E-state index in [0.29, 0.717) is 11.1 Å². The fourth-order valence-corrected chi connectivity index (χ4v) is 1.23. The molecule has 2 amide bonds. The lowest BCUT2D eigenvalue weighted by molar-refractivity contribution is -0.124. The standard InChI is InChI=1S/C9H13NO2.C2H6/c1-3-4-5-7-6(2)8(11)10-9(7)12;1-2/h3-5H2,1-2H3,(H,10,11,12);1-2H3. The van der Waals surface area contributed by atoms with E-state index in [1.54, 1.807) is 6.92 Å². The third-order valence-electron chi connectivity index (χ3n) is 2.07. The molecule has 0 saturated heterocycles. The summed E-state index contributed by atoms with van der Waals surface area (Å²) in [7, 11) is 0. The fourth-order valence-electron chi connectivity index (χ4n) is 1.23. The molecule has 14 heavy (non-hydrogen) atoms. The van der Waals surface area contributed by atoms with Crippen LogP contribution in [0.15, 0.2) is 11.1 Å². The Balaban J connectivity index is 0.000000791. The van der Waals surface area contributed by atoms with Crippen molar-refractivity contribution in [1.82, 2.24) is 5.32 Å². The van der Waals surface area contributed by atoms with Gasteiger partial charge in [0.2, 0.25) is 0 Å². The zero-order valence-electron chi connectivity index (χ0n) is 9.44. The van der Waals surface area contributed by atoms with Crippen molar-refractivity contribution < 1.29 is 9.59 Å². The summed E-state index contributed by atoms with van der Waals surface area (Å²) >= 11 is 0. The molecule has 80 valence electrons. The highest BCUT2D eigenvalue weighted by Crippen LogP contribution is 2.17. The lowest BCUT2D eigenvalue weighted by Gasteiger charge is -1.97. The Kier molecular flexibility index (Phi) is 5.84. The molecule has 0 atom stereocenters. The van der Waals surface area contributed by atoms with Gasteiger partial charge in [0.25, 0.3) is 11.8 Å². The molecule has 0 saturated carbocycles. The topological polar surface area (TPSA) is 46.2 Å². The van der Waals surface area contributed by atoms with Gasteiger partial charge in [0, 0.05) is 11.1 Å². The molecule has 3 nitrogen and oxygen atoms in total. The van der Waals surface area contributed by atoms with Gasteiger partial charge in [0.05, 0.1) is 0 Å². The van der Waals surface area contributed by atoms with Crippen LogP contribution >= 0.6 is 0 Å². The molecule has 0 aromatic heterocycles. The second kappa shape index (κ2) is 6.35. The molecular weight excluding hydrogens is 178 g/mol. The van der Waals surface area contributed by atoms with Crippen molar-refractivity contribution in [2.75, 3.05) is 0 Å². The van der Waals surface area contributed by atoms with Gasteiger partial charge in [-0.3, -0.25) is 14.9 Å². The Morgan fingerprint density at radius 1 is 1.14 bits per heavy atom. The van der Waals surface area contributed by atoms with Crippen molar-refractivity contribution in [3.8, 4) is 0 Å². The Bertz CT molecular complexity index is 254. The molecule has 1 aliphatic rings. The SMILES string of the molecule is CC.CCCCC1=C(C)C(=O)NC1=O. The van der Waals surface area contributed by atoms with Crippen LogP contribution in [0.2, 0.25) is 0 Å². The first-order chi connectivity index (χ1) is 6.66. The zero-order valence-corrected chi connectivity index (χ0v) is 9.44. The van der Waals surface area contributed by atoms with E-state index in [-0.39, 0.29) is 11.8 Å². The summed E-state index contributed by atoms with van der Waals surface area (Å²) in [5, 5.41) is 2.27. The summed E-state index contributed by atoms with van der Waals surface area (Å²) in [4.78, 5) is 22.1. The maximum atomic E-state index is 11.1. The maximum absolute atomic E-state index is 11.1. The number of rotatable bonds is 3. The molecule has 0 spiro atoms. The van der Waals surface area contributed by atoms with Gasteiger partial charge in [-0.25, -0.2) is 0 Å². The normalized spacial score (nSPS) is 15.1. The number of nitrogens with one attached hydrogen (secondary N) is 1. The minimum atomic E-state index is -0.230. The Morgan fingerprint density at radius 2 is 1.71 bits per heavy atom. The molecule has 0 fully saturated rings. The van der Waals surface area contributed by atoms with Gasteiger partial charge in [-0.05, 0) is 19.8 Å². The van der Waals surface area contributed by atoms with Crippen molar-refractivity contribution in [3.05, 3.63) is 11.1 Å². The van der Waals surface area contributed by atoms with Crippen molar-refractivity contribution >= 4 is 11.8 Å². The highest BCUT2D eigenvalue weighted by atomic mass is 16.2. The monoisotopic (exact) mass is 197 g/mol. The smallest absolute Gasteiger partial charge is 0.254 e. The number of carbonyl (C=O) groups is 2. The fraction of sp³-hybridized carbons (Fsp3) is 0.636. The van der Waals surface area contributed by atoms with E-state index in [9.17, 15) is 9.59 Å². The summed E-state index contributed by atoms with van der Waals surface area (Å²) in [5.41, 5.74) is 1.26. The second-order valence-corrected chi connectivity index (χ2v) is 2.99. The van der Waals surface area contributed by atoms with Crippen LogP contribution in [0, 0.1) is 0 Å². The Hall–Kier alpha value is -1.12. The molecule has 0 aliphatic carbocycles. The van der Waals surface area contributed by atoms with Crippen LogP contribution in [0.4, 0.5) is 0 Å². The molecular formula is C11H19NO2. The average molecular weight is 197 g/mol. The molecule has 0 aromatic carbocycles. The number of unbranched alkanes of at least 4 members (excludes halogenated alkanes) is 1. The van der Waals surface area contributed by atoms with Gasteiger partial charge in [-0.2, -0.15) is 0 Å². The molecule has 0 aromatic rings. The molecule has 1 heterocycles. The second-order valence-electron chi connectivity index (χ2n) is 2.99. The van der Waals surface area contributed by atoms with Gasteiger partial charge < -0.3 is 0 Å². The highest BCUT2D eigenvalue weighted by Gasteiger charge is 2.25. The first-order valence-corrected chi connectivity index (χ1v) is 5.22. The van der Waals surface area contributed by atoms with Gasteiger partial charge in [-0.1, -0.05) is 27.2 Å². The van der Waals surface area contributed by atoms with Crippen molar-refractivity contribution in [1.29, 1.82) is 0 Å². The molecule has 0 unspecified atom stereocenters. The predicted octanol–water partition coefficient (Wildman–Crippen LogP) is 2.18. The summed E-state index contributed by atoms with van der Waals surface area (Å²) in [5.74, 6) is -0.433. The van der Waals surface area contributed by atoms with Crippen LogP contribution in [-0.4, -0.2) is 11.8 Å². The van der Waals surface area contributed by atoms with E-state index in [1.807, 2.05) is 13.8 Å².